The minimum Gasteiger partial charge on any atom is -0.163 e. The maximum absolute atomic E-state index is 4.52. The van der Waals surface area contributed by atoms with Crippen LogP contribution in [0.25, 0.3) is 11.1 Å². The topological polar surface area (TPSA) is 24.7 Å². The van der Waals surface area contributed by atoms with Crippen LogP contribution in [0, 0.1) is 0 Å². The molecule has 0 saturated carbocycles. The molecule has 2 nitrogen and oxygen atoms in total. The zero-order chi connectivity index (χ0) is 16.2. The average molecular weight is 310 g/mol. The van der Waals surface area contributed by atoms with E-state index in [2.05, 4.69) is 83.0 Å². The van der Waals surface area contributed by atoms with E-state index in [1.165, 1.54) is 27.8 Å². The van der Waals surface area contributed by atoms with E-state index in [9.17, 15) is 0 Å². The highest BCUT2D eigenvalue weighted by Gasteiger charge is 2.23. The van der Waals surface area contributed by atoms with Crippen LogP contribution in [0.5, 0.6) is 0 Å². The van der Waals surface area contributed by atoms with Crippen molar-refractivity contribution in [3.8, 4) is 11.1 Å². The highest BCUT2D eigenvalue weighted by atomic mass is 15.2. The van der Waals surface area contributed by atoms with Gasteiger partial charge in [-0.05, 0) is 29.5 Å². The van der Waals surface area contributed by atoms with Crippen molar-refractivity contribution >= 4 is 11.9 Å². The van der Waals surface area contributed by atoms with Crippen molar-refractivity contribution in [3.05, 3.63) is 95.6 Å². The summed E-state index contributed by atoms with van der Waals surface area (Å²) in [6.07, 6.45) is 3.79. The lowest BCUT2D eigenvalue weighted by Gasteiger charge is -1.98. The number of aryl methyl sites for hydroxylation is 1. The second kappa shape index (κ2) is 6.63. The minimum absolute atomic E-state index is 0.893. The molecule has 0 radical (unpaired) electrons. The Morgan fingerprint density at radius 2 is 1.17 bits per heavy atom. The molecule has 24 heavy (non-hydrogen) atoms. The molecule has 4 rings (SSSR count). The van der Waals surface area contributed by atoms with Gasteiger partial charge in [-0.2, -0.15) is 10.2 Å². The Morgan fingerprint density at radius 3 is 1.79 bits per heavy atom. The molecule has 3 aromatic carbocycles. The van der Waals surface area contributed by atoms with Crippen LogP contribution in [-0.2, 0) is 6.42 Å². The van der Waals surface area contributed by atoms with Gasteiger partial charge in [0.05, 0.1) is 0 Å². The molecular weight excluding hydrogens is 292 g/mol. The van der Waals surface area contributed by atoms with Crippen molar-refractivity contribution in [3.63, 3.8) is 0 Å². The van der Waals surface area contributed by atoms with Gasteiger partial charge in [0, 0.05) is 17.3 Å². The average Bonchev–Trinajstić information content (AvgIpc) is 2.97. The first-order chi connectivity index (χ1) is 11.9. The Labute approximate surface area is 142 Å². The van der Waals surface area contributed by atoms with Gasteiger partial charge in [-0.15, -0.1) is 0 Å². The van der Waals surface area contributed by atoms with Gasteiger partial charge < -0.3 is 0 Å². The van der Waals surface area contributed by atoms with E-state index < -0.39 is 0 Å². The largest absolute Gasteiger partial charge is 0.163 e. The second-order valence-electron chi connectivity index (χ2n) is 5.86. The van der Waals surface area contributed by atoms with Crippen LogP contribution in [0.2, 0.25) is 0 Å². The van der Waals surface area contributed by atoms with Crippen molar-refractivity contribution in [2.45, 2.75) is 12.8 Å². The van der Waals surface area contributed by atoms with Crippen LogP contribution < -0.4 is 0 Å². The van der Waals surface area contributed by atoms with Crippen molar-refractivity contribution in [1.82, 2.24) is 0 Å². The highest BCUT2D eigenvalue weighted by Crippen LogP contribution is 2.36. The van der Waals surface area contributed by atoms with Crippen molar-refractivity contribution in [1.29, 1.82) is 0 Å². The minimum atomic E-state index is 0.893. The van der Waals surface area contributed by atoms with E-state index in [1.807, 2.05) is 12.3 Å². The van der Waals surface area contributed by atoms with Crippen molar-refractivity contribution < 1.29 is 0 Å². The van der Waals surface area contributed by atoms with Crippen LogP contribution in [0.4, 0.5) is 0 Å². The van der Waals surface area contributed by atoms with Gasteiger partial charge in [-0.3, -0.25) is 0 Å². The highest BCUT2D eigenvalue weighted by molar-refractivity contribution is 6.24. The lowest BCUT2D eigenvalue weighted by atomic mass is 10.1. The molecule has 0 aliphatic heterocycles. The van der Waals surface area contributed by atoms with Crippen LogP contribution >= 0.6 is 0 Å². The summed E-state index contributed by atoms with van der Waals surface area (Å²) in [4.78, 5) is 0. The lowest BCUT2D eigenvalue weighted by molar-refractivity contribution is 1.04. The fourth-order valence-electron chi connectivity index (χ4n) is 3.13. The van der Waals surface area contributed by atoms with E-state index in [-0.39, 0.29) is 0 Å². The van der Waals surface area contributed by atoms with E-state index in [4.69, 9.17) is 0 Å². The number of hydrogen-bond acceptors (Lipinski definition) is 2. The monoisotopic (exact) mass is 310 g/mol. The van der Waals surface area contributed by atoms with Gasteiger partial charge in [0.2, 0.25) is 0 Å². The molecule has 0 amide bonds. The Bertz CT molecular complexity index is 861. The standard InChI is InChI=1S/C22H18N2/c1-2-9-17(10-3-1)11-8-16-23-24-22-20-14-6-4-12-18(20)19-13-5-7-15-21(19)22/h1-7,9-10,12-16H,8,11H2. The van der Waals surface area contributed by atoms with Gasteiger partial charge in [-0.25, -0.2) is 0 Å². The van der Waals surface area contributed by atoms with Crippen LogP contribution in [0.1, 0.15) is 23.1 Å². The molecule has 1 aliphatic rings. The number of rotatable bonds is 4. The molecule has 0 heterocycles. The first-order valence-electron chi connectivity index (χ1n) is 8.26. The molecule has 0 atom stereocenters. The van der Waals surface area contributed by atoms with Crippen LogP contribution in [0.15, 0.2) is 89.1 Å². The molecule has 0 spiro atoms. The predicted octanol–water partition coefficient (Wildman–Crippen LogP) is 5.12. The normalized spacial score (nSPS) is 12.2. The summed E-state index contributed by atoms with van der Waals surface area (Å²) in [5, 5.41) is 8.85. The molecule has 0 unspecified atom stereocenters. The SMILES string of the molecule is C(CCc1ccccc1)=NN=C1c2ccccc2-c2ccccc21. The lowest BCUT2D eigenvalue weighted by Crippen LogP contribution is -1.97. The summed E-state index contributed by atoms with van der Waals surface area (Å²) >= 11 is 0. The molecule has 0 fully saturated rings. The molecule has 0 aromatic heterocycles. The molecule has 0 N–H and O–H groups in total. The van der Waals surface area contributed by atoms with E-state index >= 15 is 0 Å². The van der Waals surface area contributed by atoms with E-state index in [0.29, 0.717) is 0 Å². The fraction of sp³-hybridized carbons (Fsp3) is 0.0909. The molecule has 3 aromatic rings. The Hall–Kier alpha value is -3.00. The summed E-state index contributed by atoms with van der Waals surface area (Å²) in [6, 6.07) is 27.2. The summed E-state index contributed by atoms with van der Waals surface area (Å²) < 4.78 is 0. The Kier molecular flexibility index (Phi) is 4.03. The molecule has 0 saturated heterocycles. The zero-order valence-electron chi connectivity index (χ0n) is 13.4. The van der Waals surface area contributed by atoms with Gasteiger partial charge in [0.15, 0.2) is 0 Å². The smallest absolute Gasteiger partial charge is 0.101 e. The van der Waals surface area contributed by atoms with Gasteiger partial charge in [-0.1, -0.05) is 78.9 Å². The summed E-state index contributed by atoms with van der Waals surface area (Å²) in [5.74, 6) is 0. The maximum Gasteiger partial charge on any atom is 0.101 e. The third kappa shape index (κ3) is 2.79. The summed E-state index contributed by atoms with van der Waals surface area (Å²) in [5.41, 5.74) is 7.11. The predicted molar refractivity (Wildman–Crippen MR) is 101 cm³/mol. The summed E-state index contributed by atoms with van der Waals surface area (Å²) in [7, 11) is 0. The molecule has 1 aliphatic carbocycles. The Morgan fingerprint density at radius 1 is 0.625 bits per heavy atom. The maximum atomic E-state index is 4.52. The number of nitrogens with zero attached hydrogens (tertiary/aromatic N) is 2. The summed E-state index contributed by atoms with van der Waals surface area (Å²) in [6.45, 7) is 0. The van der Waals surface area contributed by atoms with Crippen molar-refractivity contribution in [2.24, 2.45) is 10.2 Å². The third-order valence-electron chi connectivity index (χ3n) is 4.30. The van der Waals surface area contributed by atoms with Gasteiger partial charge >= 0.3 is 0 Å². The molecule has 2 heteroatoms. The first-order valence-corrected chi connectivity index (χ1v) is 8.26. The number of benzene rings is 3. The second-order valence-corrected chi connectivity index (χ2v) is 5.86. The van der Waals surface area contributed by atoms with Crippen molar-refractivity contribution in [2.75, 3.05) is 0 Å². The van der Waals surface area contributed by atoms with Gasteiger partial charge in [0.25, 0.3) is 0 Å². The molecular formula is C22H18N2. The molecule has 0 bridgehead atoms. The zero-order valence-corrected chi connectivity index (χ0v) is 13.4. The fourth-order valence-corrected chi connectivity index (χ4v) is 3.13. The van der Waals surface area contributed by atoms with E-state index in [1.54, 1.807) is 0 Å². The van der Waals surface area contributed by atoms with E-state index in [0.717, 1.165) is 18.6 Å². The Balaban J connectivity index is 1.55. The third-order valence-corrected chi connectivity index (χ3v) is 4.30. The van der Waals surface area contributed by atoms with Crippen LogP contribution in [-0.4, -0.2) is 11.9 Å². The molecule has 116 valence electrons. The number of hydrogen-bond donors (Lipinski definition) is 0. The quantitative estimate of drug-likeness (QED) is 0.369. The van der Waals surface area contributed by atoms with Crippen LogP contribution in [0.3, 0.4) is 0 Å². The van der Waals surface area contributed by atoms with Gasteiger partial charge in [0.1, 0.15) is 5.71 Å². The number of fused-ring (bicyclic) bond motifs is 3. The first kappa shape index (κ1) is 14.6.